The summed E-state index contributed by atoms with van der Waals surface area (Å²) in [5.41, 5.74) is 2.03. The number of hydrogen-bond donors (Lipinski definition) is 1. The van der Waals surface area contributed by atoms with Gasteiger partial charge in [-0.2, -0.15) is 0 Å². The van der Waals surface area contributed by atoms with Crippen LogP contribution >= 0.6 is 0 Å². The van der Waals surface area contributed by atoms with Gasteiger partial charge in [0.1, 0.15) is 24.1 Å². The summed E-state index contributed by atoms with van der Waals surface area (Å²) < 4.78 is 11.5. The third-order valence-electron chi connectivity index (χ3n) is 3.87. The molecule has 0 saturated carbocycles. The SMILES string of the molecule is CCOc1cc2c(cc1CNc1[nH+]cccc1[N+](=O)[O-])O[C@@H](C)C2. The van der Waals surface area contributed by atoms with Crippen LogP contribution in [0.1, 0.15) is 25.0 Å². The van der Waals surface area contributed by atoms with E-state index in [1.165, 1.54) is 6.07 Å². The topological polar surface area (TPSA) is 87.8 Å². The van der Waals surface area contributed by atoms with Crippen molar-refractivity contribution in [2.24, 2.45) is 0 Å². The summed E-state index contributed by atoms with van der Waals surface area (Å²) in [6.07, 6.45) is 2.66. The van der Waals surface area contributed by atoms with Gasteiger partial charge < -0.3 is 9.47 Å². The second kappa shape index (κ2) is 6.74. The number of H-pyrrole nitrogens is 1. The average molecular weight is 330 g/mol. The molecule has 7 heteroatoms. The molecule has 0 radical (unpaired) electrons. The number of hydrogen-bond acceptors (Lipinski definition) is 5. The van der Waals surface area contributed by atoms with Gasteiger partial charge in [0.2, 0.25) is 0 Å². The summed E-state index contributed by atoms with van der Waals surface area (Å²) in [5.74, 6) is 1.99. The molecular formula is C17H20N3O4+. The smallest absolute Gasteiger partial charge is 0.357 e. The summed E-state index contributed by atoms with van der Waals surface area (Å²) in [4.78, 5) is 13.5. The van der Waals surface area contributed by atoms with Crippen molar-refractivity contribution in [3.8, 4) is 11.5 Å². The highest BCUT2D eigenvalue weighted by Gasteiger charge is 2.24. The molecule has 1 atom stereocenters. The Morgan fingerprint density at radius 2 is 2.33 bits per heavy atom. The van der Waals surface area contributed by atoms with Crippen LogP contribution in [0.15, 0.2) is 30.5 Å². The van der Waals surface area contributed by atoms with E-state index < -0.39 is 4.92 Å². The number of benzene rings is 1. The van der Waals surface area contributed by atoms with E-state index in [1.54, 1.807) is 12.3 Å². The van der Waals surface area contributed by atoms with Crippen LogP contribution in [0.3, 0.4) is 0 Å². The first-order valence-corrected chi connectivity index (χ1v) is 7.92. The molecule has 126 valence electrons. The Balaban J connectivity index is 1.85. The number of aromatic amines is 1. The minimum atomic E-state index is -0.421. The van der Waals surface area contributed by atoms with Crippen LogP contribution in [0.25, 0.3) is 0 Å². The fourth-order valence-corrected chi connectivity index (χ4v) is 2.81. The quantitative estimate of drug-likeness (QED) is 0.650. The zero-order chi connectivity index (χ0) is 17.1. The molecule has 2 heterocycles. The lowest BCUT2D eigenvalue weighted by Crippen LogP contribution is -2.15. The summed E-state index contributed by atoms with van der Waals surface area (Å²) in [6.45, 7) is 4.90. The molecule has 0 amide bonds. The molecule has 7 nitrogen and oxygen atoms in total. The molecule has 0 fully saturated rings. The molecule has 0 aliphatic carbocycles. The van der Waals surface area contributed by atoms with E-state index in [0.29, 0.717) is 19.0 Å². The van der Waals surface area contributed by atoms with Crippen LogP contribution in [0.5, 0.6) is 11.5 Å². The molecule has 1 aromatic carbocycles. The number of fused-ring (bicyclic) bond motifs is 1. The predicted octanol–water partition coefficient (Wildman–Crippen LogP) is 2.74. The number of aromatic nitrogens is 1. The molecule has 1 aromatic heterocycles. The van der Waals surface area contributed by atoms with Gasteiger partial charge in [-0.25, -0.2) is 4.98 Å². The highest BCUT2D eigenvalue weighted by Crippen LogP contribution is 2.35. The van der Waals surface area contributed by atoms with Gasteiger partial charge in [-0.3, -0.25) is 15.4 Å². The van der Waals surface area contributed by atoms with E-state index in [4.69, 9.17) is 9.47 Å². The van der Waals surface area contributed by atoms with Crippen LogP contribution in [-0.2, 0) is 13.0 Å². The van der Waals surface area contributed by atoms with Crippen molar-refractivity contribution in [3.63, 3.8) is 0 Å². The van der Waals surface area contributed by atoms with E-state index in [9.17, 15) is 10.1 Å². The van der Waals surface area contributed by atoms with E-state index in [-0.39, 0.29) is 11.8 Å². The maximum absolute atomic E-state index is 11.1. The van der Waals surface area contributed by atoms with Gasteiger partial charge in [0.15, 0.2) is 0 Å². The Morgan fingerprint density at radius 3 is 3.08 bits per heavy atom. The molecule has 1 aliphatic rings. The fourth-order valence-electron chi connectivity index (χ4n) is 2.81. The Kier molecular flexibility index (Phi) is 4.50. The number of pyridine rings is 1. The number of nitrogens with zero attached hydrogens (tertiary/aromatic N) is 1. The first-order chi connectivity index (χ1) is 11.6. The van der Waals surface area contributed by atoms with Gasteiger partial charge in [-0.05, 0) is 32.0 Å². The van der Waals surface area contributed by atoms with Crippen LogP contribution in [-0.4, -0.2) is 17.6 Å². The Bertz CT molecular complexity index is 763. The predicted molar refractivity (Wildman–Crippen MR) is 88.4 cm³/mol. The van der Waals surface area contributed by atoms with Gasteiger partial charge in [0.05, 0.1) is 17.7 Å². The molecule has 1 aliphatic heterocycles. The van der Waals surface area contributed by atoms with Crippen molar-refractivity contribution in [1.82, 2.24) is 0 Å². The van der Waals surface area contributed by atoms with Gasteiger partial charge in [-0.1, -0.05) is 0 Å². The third-order valence-corrected chi connectivity index (χ3v) is 3.87. The third kappa shape index (κ3) is 3.24. The molecule has 2 N–H and O–H groups in total. The number of nitro groups is 1. The number of ether oxygens (including phenoxy) is 2. The summed E-state index contributed by atoms with van der Waals surface area (Å²) >= 11 is 0. The molecule has 0 spiro atoms. The summed E-state index contributed by atoms with van der Waals surface area (Å²) in [6, 6.07) is 7.00. The first kappa shape index (κ1) is 16.0. The highest BCUT2D eigenvalue weighted by atomic mass is 16.6. The van der Waals surface area contributed by atoms with Crippen molar-refractivity contribution in [2.45, 2.75) is 32.9 Å². The molecule has 0 bridgehead atoms. The lowest BCUT2D eigenvalue weighted by atomic mass is 10.1. The Morgan fingerprint density at radius 1 is 1.50 bits per heavy atom. The van der Waals surface area contributed by atoms with E-state index in [0.717, 1.165) is 29.0 Å². The molecule has 24 heavy (non-hydrogen) atoms. The van der Waals surface area contributed by atoms with Gasteiger partial charge in [0.25, 0.3) is 0 Å². The van der Waals surface area contributed by atoms with Crippen molar-refractivity contribution in [3.05, 3.63) is 51.7 Å². The van der Waals surface area contributed by atoms with Crippen LogP contribution < -0.4 is 19.8 Å². The van der Waals surface area contributed by atoms with Gasteiger partial charge in [-0.15, -0.1) is 0 Å². The second-order valence-electron chi connectivity index (χ2n) is 5.67. The standard InChI is InChI=1S/C17H19N3O4/c1-3-23-15-8-12-7-11(2)24-16(12)9-13(15)10-19-17-14(20(21)22)5-4-6-18-17/h4-6,8-9,11H,3,7,10H2,1-2H3,(H,18,19)/p+1/t11-/m0/s1. The van der Waals surface area contributed by atoms with Crippen LogP contribution in [0.4, 0.5) is 11.5 Å². The van der Waals surface area contributed by atoms with E-state index in [1.807, 2.05) is 26.0 Å². The maximum atomic E-state index is 11.1. The Hall–Kier alpha value is -2.83. The van der Waals surface area contributed by atoms with Crippen molar-refractivity contribution >= 4 is 11.5 Å². The fraction of sp³-hybridized carbons (Fsp3) is 0.353. The molecule has 3 rings (SSSR count). The lowest BCUT2D eigenvalue weighted by Gasteiger charge is -2.11. The minimum Gasteiger partial charge on any atom is -0.493 e. The largest absolute Gasteiger partial charge is 0.493 e. The first-order valence-electron chi connectivity index (χ1n) is 7.92. The van der Waals surface area contributed by atoms with Crippen LogP contribution in [0.2, 0.25) is 0 Å². The second-order valence-corrected chi connectivity index (χ2v) is 5.67. The Labute approximate surface area is 139 Å². The number of nitrogens with one attached hydrogen (secondary N) is 2. The normalized spacial score (nSPS) is 15.5. The number of anilines is 1. The molecule has 2 aromatic rings. The highest BCUT2D eigenvalue weighted by molar-refractivity contribution is 5.53. The van der Waals surface area contributed by atoms with Crippen LogP contribution in [0, 0.1) is 10.1 Å². The lowest BCUT2D eigenvalue weighted by molar-refractivity contribution is -0.409. The molecular weight excluding hydrogens is 310 g/mol. The van der Waals surface area contributed by atoms with Gasteiger partial charge in [0, 0.05) is 23.6 Å². The van der Waals surface area contributed by atoms with Crippen molar-refractivity contribution < 1.29 is 19.4 Å². The molecule has 0 unspecified atom stereocenters. The van der Waals surface area contributed by atoms with Crippen molar-refractivity contribution in [1.29, 1.82) is 0 Å². The van der Waals surface area contributed by atoms with E-state index in [2.05, 4.69) is 10.3 Å². The zero-order valence-corrected chi connectivity index (χ0v) is 13.7. The number of rotatable bonds is 6. The van der Waals surface area contributed by atoms with Crippen molar-refractivity contribution in [2.75, 3.05) is 11.9 Å². The maximum Gasteiger partial charge on any atom is 0.357 e. The monoisotopic (exact) mass is 330 g/mol. The zero-order valence-electron chi connectivity index (χ0n) is 13.7. The minimum absolute atomic E-state index is 0.00138. The average Bonchev–Trinajstić information content (AvgIpc) is 2.92. The van der Waals surface area contributed by atoms with Gasteiger partial charge >= 0.3 is 11.5 Å². The van der Waals surface area contributed by atoms with E-state index >= 15 is 0 Å². The summed E-state index contributed by atoms with van der Waals surface area (Å²) in [7, 11) is 0. The summed E-state index contributed by atoms with van der Waals surface area (Å²) in [5, 5.41) is 14.2. The molecule has 0 saturated heterocycles.